The molecule has 31 heavy (non-hydrogen) atoms. The molecule has 0 aliphatic carbocycles. The number of para-hydroxylation sites is 1. The summed E-state index contributed by atoms with van der Waals surface area (Å²) in [7, 11) is -3.48. The number of rotatable bonds is 8. The first-order valence-corrected chi connectivity index (χ1v) is 13.2. The van der Waals surface area contributed by atoms with Crippen molar-refractivity contribution in [2.24, 2.45) is 0 Å². The topological polar surface area (TPSA) is 69.7 Å². The lowest BCUT2D eigenvalue weighted by Gasteiger charge is -2.33. The second-order valence-corrected chi connectivity index (χ2v) is 10.8. The summed E-state index contributed by atoms with van der Waals surface area (Å²) in [5, 5.41) is 2.98. The number of hydrogen-bond donors (Lipinski definition) is 1. The van der Waals surface area contributed by atoms with Gasteiger partial charge in [0.1, 0.15) is 0 Å². The molecule has 3 rings (SSSR count). The fourth-order valence-electron chi connectivity index (χ4n) is 3.59. The maximum atomic E-state index is 12.9. The van der Waals surface area contributed by atoms with E-state index in [4.69, 9.17) is 0 Å². The molecule has 0 saturated carbocycles. The second-order valence-electron chi connectivity index (χ2n) is 7.97. The number of nitrogens with zero attached hydrogens (tertiary/aromatic N) is 2. The number of nitrogens with one attached hydrogen (secondary N) is 1. The Balaban J connectivity index is 1.49. The molecule has 1 aliphatic heterocycles. The highest BCUT2D eigenvalue weighted by atomic mass is 32.2. The molecule has 1 aliphatic rings. The Hall–Kier alpha value is -1.87. The van der Waals surface area contributed by atoms with Crippen molar-refractivity contribution in [3.63, 3.8) is 0 Å². The van der Waals surface area contributed by atoms with Gasteiger partial charge < -0.3 is 10.2 Å². The van der Waals surface area contributed by atoms with Crippen LogP contribution in [0.15, 0.2) is 58.3 Å². The highest BCUT2D eigenvalue weighted by Crippen LogP contribution is 2.25. The number of sulfonamides is 1. The van der Waals surface area contributed by atoms with Crippen LogP contribution in [0, 0.1) is 0 Å². The van der Waals surface area contributed by atoms with Gasteiger partial charge in [-0.1, -0.05) is 38.1 Å². The van der Waals surface area contributed by atoms with Gasteiger partial charge in [0, 0.05) is 44.0 Å². The molecule has 168 valence electrons. The summed E-state index contributed by atoms with van der Waals surface area (Å²) in [6, 6.07) is 14.9. The van der Waals surface area contributed by atoms with Crippen molar-refractivity contribution < 1.29 is 13.2 Å². The third-order valence-electron chi connectivity index (χ3n) is 5.55. The van der Waals surface area contributed by atoms with Crippen LogP contribution < -0.4 is 5.32 Å². The van der Waals surface area contributed by atoms with Crippen LogP contribution in [-0.2, 0) is 14.8 Å². The van der Waals surface area contributed by atoms with Crippen molar-refractivity contribution in [2.75, 3.05) is 44.3 Å². The van der Waals surface area contributed by atoms with Gasteiger partial charge in [-0.2, -0.15) is 4.31 Å². The summed E-state index contributed by atoms with van der Waals surface area (Å²) < 4.78 is 27.4. The summed E-state index contributed by atoms with van der Waals surface area (Å²) in [6.45, 7) is 6.91. The van der Waals surface area contributed by atoms with E-state index in [9.17, 15) is 13.2 Å². The van der Waals surface area contributed by atoms with Crippen LogP contribution in [0.25, 0.3) is 0 Å². The Kier molecular flexibility index (Phi) is 8.16. The minimum Gasteiger partial charge on any atom is -0.325 e. The van der Waals surface area contributed by atoms with E-state index in [0.29, 0.717) is 50.0 Å². The Morgan fingerprint density at radius 3 is 2.29 bits per heavy atom. The van der Waals surface area contributed by atoms with Gasteiger partial charge in [0.15, 0.2) is 0 Å². The fourth-order valence-corrected chi connectivity index (χ4v) is 5.56. The van der Waals surface area contributed by atoms with Crippen molar-refractivity contribution in [1.29, 1.82) is 0 Å². The Morgan fingerprint density at radius 1 is 1.03 bits per heavy atom. The first-order chi connectivity index (χ1) is 14.8. The van der Waals surface area contributed by atoms with Crippen LogP contribution >= 0.6 is 11.8 Å². The molecule has 1 N–H and O–H groups in total. The van der Waals surface area contributed by atoms with E-state index in [-0.39, 0.29) is 5.91 Å². The summed E-state index contributed by atoms with van der Waals surface area (Å²) in [5.41, 5.74) is 1.96. The van der Waals surface area contributed by atoms with Gasteiger partial charge in [0.25, 0.3) is 0 Å². The minimum absolute atomic E-state index is 0.0261. The van der Waals surface area contributed by atoms with E-state index in [2.05, 4.69) is 24.1 Å². The zero-order chi connectivity index (χ0) is 22.4. The molecule has 1 heterocycles. The standard InChI is InChI=1S/C23H31N3O3S2/c1-18(2)19-8-10-20(11-9-19)31(28,29)26-16-14-25(15-17-26)13-12-23(27)24-21-6-4-5-7-22(21)30-3/h4-11,18H,12-17H2,1-3H3,(H,24,27). The van der Waals surface area contributed by atoms with Gasteiger partial charge in [-0.05, 0) is 42.0 Å². The highest BCUT2D eigenvalue weighted by Gasteiger charge is 2.28. The van der Waals surface area contributed by atoms with Crippen LogP contribution in [0.3, 0.4) is 0 Å². The molecular formula is C23H31N3O3S2. The molecule has 8 heteroatoms. The Morgan fingerprint density at radius 2 is 1.68 bits per heavy atom. The predicted octanol–water partition coefficient (Wildman–Crippen LogP) is 3.87. The maximum absolute atomic E-state index is 12.9. The number of piperazine rings is 1. The monoisotopic (exact) mass is 461 g/mol. The van der Waals surface area contributed by atoms with Crippen molar-refractivity contribution in [2.45, 2.75) is 36.0 Å². The van der Waals surface area contributed by atoms with Crippen LogP contribution in [-0.4, -0.2) is 62.5 Å². The molecule has 0 unspecified atom stereocenters. The number of benzene rings is 2. The third kappa shape index (κ3) is 6.10. The van der Waals surface area contributed by atoms with E-state index in [1.165, 1.54) is 0 Å². The van der Waals surface area contributed by atoms with Gasteiger partial charge in [0.05, 0.1) is 10.6 Å². The maximum Gasteiger partial charge on any atom is 0.243 e. The van der Waals surface area contributed by atoms with Gasteiger partial charge in [-0.15, -0.1) is 11.8 Å². The molecule has 1 saturated heterocycles. The lowest BCUT2D eigenvalue weighted by molar-refractivity contribution is -0.116. The lowest BCUT2D eigenvalue weighted by Crippen LogP contribution is -2.49. The van der Waals surface area contributed by atoms with E-state index >= 15 is 0 Å². The summed E-state index contributed by atoms with van der Waals surface area (Å²) in [5.74, 6) is 0.341. The molecular weight excluding hydrogens is 430 g/mol. The summed E-state index contributed by atoms with van der Waals surface area (Å²) >= 11 is 1.60. The molecule has 0 aromatic heterocycles. The lowest BCUT2D eigenvalue weighted by atomic mass is 10.0. The molecule has 6 nitrogen and oxygen atoms in total. The van der Waals surface area contributed by atoms with Gasteiger partial charge in [-0.25, -0.2) is 8.42 Å². The van der Waals surface area contributed by atoms with Crippen LogP contribution in [0.1, 0.15) is 31.7 Å². The van der Waals surface area contributed by atoms with Gasteiger partial charge in [-0.3, -0.25) is 4.79 Å². The molecule has 0 radical (unpaired) electrons. The second kappa shape index (κ2) is 10.6. The first kappa shape index (κ1) is 23.8. The highest BCUT2D eigenvalue weighted by molar-refractivity contribution is 7.98. The molecule has 1 amide bonds. The Labute approximate surface area is 190 Å². The van der Waals surface area contributed by atoms with Crippen molar-refractivity contribution in [3.8, 4) is 0 Å². The molecule has 0 atom stereocenters. The van der Waals surface area contributed by atoms with Crippen LogP contribution in [0.4, 0.5) is 5.69 Å². The number of amides is 1. The molecule has 1 fully saturated rings. The molecule has 2 aromatic rings. The molecule has 2 aromatic carbocycles. The van der Waals surface area contributed by atoms with Crippen LogP contribution in [0.5, 0.6) is 0 Å². The largest absolute Gasteiger partial charge is 0.325 e. The molecule has 0 bridgehead atoms. The predicted molar refractivity (Wildman–Crippen MR) is 127 cm³/mol. The minimum atomic E-state index is -3.48. The smallest absolute Gasteiger partial charge is 0.243 e. The average Bonchev–Trinajstić information content (AvgIpc) is 2.78. The number of thioether (sulfide) groups is 1. The van der Waals surface area contributed by atoms with E-state index in [1.807, 2.05) is 42.7 Å². The number of carbonyl (C=O) groups is 1. The third-order valence-corrected chi connectivity index (χ3v) is 8.26. The average molecular weight is 462 g/mol. The number of hydrogen-bond acceptors (Lipinski definition) is 5. The van der Waals surface area contributed by atoms with Crippen molar-refractivity contribution >= 4 is 33.4 Å². The number of carbonyl (C=O) groups excluding carboxylic acids is 1. The van der Waals surface area contributed by atoms with E-state index in [0.717, 1.165) is 16.1 Å². The van der Waals surface area contributed by atoms with Crippen LogP contribution in [0.2, 0.25) is 0 Å². The fraction of sp³-hybridized carbons (Fsp3) is 0.435. The van der Waals surface area contributed by atoms with E-state index < -0.39 is 10.0 Å². The van der Waals surface area contributed by atoms with Gasteiger partial charge in [0.2, 0.25) is 15.9 Å². The van der Waals surface area contributed by atoms with E-state index in [1.54, 1.807) is 28.2 Å². The summed E-state index contributed by atoms with van der Waals surface area (Å²) in [6.07, 6.45) is 2.36. The first-order valence-electron chi connectivity index (χ1n) is 10.6. The zero-order valence-corrected chi connectivity index (χ0v) is 20.0. The van der Waals surface area contributed by atoms with Crippen molar-refractivity contribution in [3.05, 3.63) is 54.1 Å². The zero-order valence-electron chi connectivity index (χ0n) is 18.4. The van der Waals surface area contributed by atoms with Gasteiger partial charge >= 0.3 is 0 Å². The van der Waals surface area contributed by atoms with Crippen molar-refractivity contribution in [1.82, 2.24) is 9.21 Å². The normalized spacial score (nSPS) is 15.9. The Bertz CT molecular complexity index is 983. The quantitative estimate of drug-likeness (QED) is 0.605. The number of anilines is 1. The molecule has 0 spiro atoms. The summed E-state index contributed by atoms with van der Waals surface area (Å²) in [4.78, 5) is 15.9. The SMILES string of the molecule is CSc1ccccc1NC(=O)CCN1CCN(S(=O)(=O)c2ccc(C(C)C)cc2)CC1.